The zero-order chi connectivity index (χ0) is 19.8. The molecule has 0 saturated heterocycles. The van der Waals surface area contributed by atoms with Gasteiger partial charge in [0.15, 0.2) is 0 Å². The highest BCUT2D eigenvalue weighted by Gasteiger charge is 2.15. The minimum absolute atomic E-state index is 0.0145. The molecule has 1 N–H and O–H groups in total. The highest BCUT2D eigenvalue weighted by molar-refractivity contribution is 5.99. The van der Waals surface area contributed by atoms with Crippen molar-refractivity contribution in [2.24, 2.45) is 5.92 Å². The Hall–Kier alpha value is -2.82. The first-order valence-electron chi connectivity index (χ1n) is 9.20. The van der Waals surface area contributed by atoms with E-state index in [0.29, 0.717) is 23.8 Å². The summed E-state index contributed by atoms with van der Waals surface area (Å²) in [5.74, 6) is 0.892. The molecule has 0 spiro atoms. The van der Waals surface area contributed by atoms with Gasteiger partial charge in [-0.25, -0.2) is 0 Å². The summed E-state index contributed by atoms with van der Waals surface area (Å²) in [6.07, 6.45) is 0.986. The summed E-state index contributed by atoms with van der Waals surface area (Å²) in [4.78, 5) is 26.0. The fraction of sp³-hybridized carbons (Fsp3) is 0.364. The van der Waals surface area contributed by atoms with Gasteiger partial charge in [0.25, 0.3) is 5.91 Å². The smallest absolute Gasteiger partial charge is 0.254 e. The lowest BCUT2D eigenvalue weighted by atomic mass is 10.1. The van der Waals surface area contributed by atoms with Crippen molar-refractivity contribution in [3.8, 4) is 5.75 Å². The molecule has 27 heavy (non-hydrogen) atoms. The van der Waals surface area contributed by atoms with E-state index in [1.54, 1.807) is 31.3 Å². The number of likely N-dealkylation sites (N-methyl/N-ethyl adjacent to an activating group) is 1. The number of benzene rings is 2. The standard InChI is InChI=1S/C22H28N2O3/c1-16(2)13-14-27-20-11-7-18(8-12-20)22(26)24(4)15-21(25)23-19-9-5-17(3)6-10-19/h5-12,16H,13-15H2,1-4H3,(H,23,25). The predicted octanol–water partition coefficient (Wildman–Crippen LogP) is 4.13. The minimum Gasteiger partial charge on any atom is -0.494 e. The van der Waals surface area contributed by atoms with Gasteiger partial charge in [0.1, 0.15) is 5.75 Å². The quantitative estimate of drug-likeness (QED) is 0.762. The lowest BCUT2D eigenvalue weighted by Crippen LogP contribution is -2.34. The summed E-state index contributed by atoms with van der Waals surface area (Å²) >= 11 is 0. The molecular formula is C22H28N2O3. The molecule has 0 atom stereocenters. The van der Waals surface area contributed by atoms with E-state index in [9.17, 15) is 9.59 Å². The first-order valence-corrected chi connectivity index (χ1v) is 9.20. The summed E-state index contributed by atoms with van der Waals surface area (Å²) in [5, 5.41) is 2.79. The number of nitrogens with zero attached hydrogens (tertiary/aromatic N) is 1. The van der Waals surface area contributed by atoms with Gasteiger partial charge in [0.05, 0.1) is 13.2 Å². The Bertz CT molecular complexity index is 752. The highest BCUT2D eigenvalue weighted by atomic mass is 16.5. The Morgan fingerprint density at radius 3 is 2.26 bits per heavy atom. The summed E-state index contributed by atoms with van der Waals surface area (Å²) in [6, 6.07) is 14.6. The molecule has 0 fully saturated rings. The van der Waals surface area contributed by atoms with Crippen molar-refractivity contribution in [1.29, 1.82) is 0 Å². The van der Waals surface area contributed by atoms with Gasteiger partial charge in [0.2, 0.25) is 5.91 Å². The maximum absolute atomic E-state index is 12.5. The summed E-state index contributed by atoms with van der Waals surface area (Å²) in [7, 11) is 1.62. The predicted molar refractivity (Wildman–Crippen MR) is 108 cm³/mol. The largest absolute Gasteiger partial charge is 0.494 e. The van der Waals surface area contributed by atoms with Gasteiger partial charge in [-0.3, -0.25) is 9.59 Å². The molecule has 0 unspecified atom stereocenters. The fourth-order valence-corrected chi connectivity index (χ4v) is 2.45. The average molecular weight is 368 g/mol. The topological polar surface area (TPSA) is 58.6 Å². The number of ether oxygens (including phenoxy) is 1. The van der Waals surface area contributed by atoms with E-state index in [1.165, 1.54) is 4.90 Å². The van der Waals surface area contributed by atoms with Crippen LogP contribution in [0.5, 0.6) is 5.75 Å². The van der Waals surface area contributed by atoms with Gasteiger partial charge in [-0.2, -0.15) is 0 Å². The van der Waals surface area contributed by atoms with Gasteiger partial charge in [-0.05, 0) is 55.7 Å². The van der Waals surface area contributed by atoms with Crippen LogP contribution in [0.1, 0.15) is 36.2 Å². The first kappa shape index (κ1) is 20.5. The van der Waals surface area contributed by atoms with E-state index in [4.69, 9.17) is 4.74 Å². The molecule has 144 valence electrons. The molecule has 5 heteroatoms. The lowest BCUT2D eigenvalue weighted by molar-refractivity contribution is -0.116. The molecular weight excluding hydrogens is 340 g/mol. The number of hydrogen-bond acceptors (Lipinski definition) is 3. The number of anilines is 1. The molecule has 0 aromatic heterocycles. The number of rotatable bonds is 8. The van der Waals surface area contributed by atoms with Crippen LogP contribution in [0.2, 0.25) is 0 Å². The number of hydrogen-bond donors (Lipinski definition) is 1. The molecule has 0 aliphatic rings. The molecule has 0 aliphatic carbocycles. The second kappa shape index (κ2) is 9.76. The van der Waals surface area contributed by atoms with Crippen molar-refractivity contribution in [1.82, 2.24) is 4.90 Å². The highest BCUT2D eigenvalue weighted by Crippen LogP contribution is 2.15. The SMILES string of the molecule is Cc1ccc(NC(=O)CN(C)C(=O)c2ccc(OCCC(C)C)cc2)cc1. The zero-order valence-corrected chi connectivity index (χ0v) is 16.5. The molecule has 0 saturated carbocycles. The normalized spacial score (nSPS) is 10.6. The van der Waals surface area contributed by atoms with Gasteiger partial charge in [-0.1, -0.05) is 31.5 Å². The molecule has 2 rings (SSSR count). The molecule has 2 aromatic carbocycles. The second-order valence-electron chi connectivity index (χ2n) is 7.13. The molecule has 2 aromatic rings. The third kappa shape index (κ3) is 6.77. The molecule has 0 bridgehead atoms. The van der Waals surface area contributed by atoms with Crippen LogP contribution in [0.4, 0.5) is 5.69 Å². The van der Waals surface area contributed by atoms with Gasteiger partial charge in [0, 0.05) is 18.3 Å². The van der Waals surface area contributed by atoms with E-state index in [-0.39, 0.29) is 18.4 Å². The summed E-state index contributed by atoms with van der Waals surface area (Å²) in [6.45, 7) is 6.92. The van der Waals surface area contributed by atoms with Crippen molar-refractivity contribution >= 4 is 17.5 Å². The van der Waals surface area contributed by atoms with Crippen LogP contribution in [-0.2, 0) is 4.79 Å². The van der Waals surface area contributed by atoms with E-state index < -0.39 is 0 Å². The van der Waals surface area contributed by atoms with Crippen LogP contribution >= 0.6 is 0 Å². The van der Waals surface area contributed by atoms with E-state index in [1.807, 2.05) is 31.2 Å². The number of amides is 2. The summed E-state index contributed by atoms with van der Waals surface area (Å²) < 4.78 is 5.66. The van der Waals surface area contributed by atoms with Crippen LogP contribution in [-0.4, -0.2) is 36.9 Å². The maximum atomic E-state index is 12.5. The fourth-order valence-electron chi connectivity index (χ4n) is 2.45. The molecule has 0 radical (unpaired) electrons. The van der Waals surface area contributed by atoms with E-state index >= 15 is 0 Å². The monoisotopic (exact) mass is 368 g/mol. The Kier molecular flexibility index (Phi) is 7.41. The Balaban J connectivity index is 1.86. The van der Waals surface area contributed by atoms with Crippen LogP contribution in [0.3, 0.4) is 0 Å². The second-order valence-corrected chi connectivity index (χ2v) is 7.13. The Morgan fingerprint density at radius 1 is 1.04 bits per heavy atom. The third-order valence-corrected chi connectivity index (χ3v) is 4.13. The van der Waals surface area contributed by atoms with Gasteiger partial charge >= 0.3 is 0 Å². The summed E-state index contributed by atoms with van der Waals surface area (Å²) in [5.41, 5.74) is 2.36. The molecule has 0 aliphatic heterocycles. The van der Waals surface area contributed by atoms with Crippen molar-refractivity contribution in [3.05, 3.63) is 59.7 Å². The molecule has 2 amide bonds. The van der Waals surface area contributed by atoms with E-state index in [2.05, 4.69) is 19.2 Å². The Labute approximate surface area is 161 Å². The molecule has 0 heterocycles. The van der Waals surface area contributed by atoms with Crippen LogP contribution in [0, 0.1) is 12.8 Å². The van der Waals surface area contributed by atoms with Gasteiger partial charge < -0.3 is 15.0 Å². The van der Waals surface area contributed by atoms with E-state index in [0.717, 1.165) is 17.7 Å². The lowest BCUT2D eigenvalue weighted by Gasteiger charge is -2.17. The number of carbonyl (C=O) groups excluding carboxylic acids is 2. The van der Waals surface area contributed by atoms with Crippen LogP contribution in [0.25, 0.3) is 0 Å². The van der Waals surface area contributed by atoms with Gasteiger partial charge in [-0.15, -0.1) is 0 Å². The molecule has 5 nitrogen and oxygen atoms in total. The number of carbonyl (C=O) groups is 2. The average Bonchev–Trinajstić information content (AvgIpc) is 2.63. The zero-order valence-electron chi connectivity index (χ0n) is 16.5. The number of aryl methyl sites for hydroxylation is 1. The minimum atomic E-state index is -0.233. The number of nitrogens with one attached hydrogen (secondary N) is 1. The van der Waals surface area contributed by atoms with Crippen molar-refractivity contribution in [2.45, 2.75) is 27.2 Å². The first-order chi connectivity index (χ1) is 12.8. The van der Waals surface area contributed by atoms with Crippen LogP contribution in [0.15, 0.2) is 48.5 Å². The van der Waals surface area contributed by atoms with Crippen molar-refractivity contribution in [3.63, 3.8) is 0 Å². The van der Waals surface area contributed by atoms with Crippen molar-refractivity contribution < 1.29 is 14.3 Å². The van der Waals surface area contributed by atoms with Crippen molar-refractivity contribution in [2.75, 3.05) is 25.5 Å². The third-order valence-electron chi connectivity index (χ3n) is 4.13. The Morgan fingerprint density at radius 2 is 1.67 bits per heavy atom. The maximum Gasteiger partial charge on any atom is 0.254 e. The van der Waals surface area contributed by atoms with Crippen LogP contribution < -0.4 is 10.1 Å².